The molecule has 0 unspecified atom stereocenters. The number of anilines is 1. The molecule has 0 saturated carbocycles. The van der Waals surface area contributed by atoms with Gasteiger partial charge in [0.2, 0.25) is 5.91 Å². The van der Waals surface area contributed by atoms with Gasteiger partial charge in [-0.25, -0.2) is 4.98 Å². The molecule has 2 aromatic carbocycles. The van der Waals surface area contributed by atoms with E-state index in [2.05, 4.69) is 22.4 Å². The number of hydrogen-bond donors (Lipinski definition) is 1. The molecule has 0 aliphatic carbocycles. The van der Waals surface area contributed by atoms with E-state index in [1.54, 1.807) is 0 Å². The van der Waals surface area contributed by atoms with Gasteiger partial charge in [0.1, 0.15) is 11.2 Å². The minimum absolute atomic E-state index is 0.0856. The van der Waals surface area contributed by atoms with Crippen molar-refractivity contribution in [1.29, 1.82) is 0 Å². The van der Waals surface area contributed by atoms with Gasteiger partial charge >= 0.3 is 0 Å². The van der Waals surface area contributed by atoms with Gasteiger partial charge in [-0.3, -0.25) is 14.2 Å². The van der Waals surface area contributed by atoms with Crippen LogP contribution in [0.5, 0.6) is 0 Å². The molecule has 0 radical (unpaired) electrons. The van der Waals surface area contributed by atoms with E-state index in [-0.39, 0.29) is 30.0 Å². The zero-order valence-corrected chi connectivity index (χ0v) is 16.0. The zero-order chi connectivity index (χ0) is 20.2. The summed E-state index contributed by atoms with van der Waals surface area (Å²) in [5.74, 6) is -0.173. The largest absolute Gasteiger partial charge is 0.348 e. The molecule has 146 valence electrons. The van der Waals surface area contributed by atoms with Crippen molar-refractivity contribution in [3.8, 4) is 11.3 Å². The second-order valence-corrected chi connectivity index (χ2v) is 6.67. The van der Waals surface area contributed by atoms with Gasteiger partial charge in [-0.1, -0.05) is 54.5 Å². The van der Waals surface area contributed by atoms with Crippen LogP contribution < -0.4 is 10.9 Å². The molecule has 2 aromatic heterocycles. The van der Waals surface area contributed by atoms with E-state index in [9.17, 15) is 9.59 Å². The molecule has 1 amide bonds. The smallest absolute Gasteiger partial charge is 0.299 e. The minimum Gasteiger partial charge on any atom is -0.348 e. The number of benzene rings is 2. The molecule has 7 nitrogen and oxygen atoms in total. The van der Waals surface area contributed by atoms with E-state index < -0.39 is 0 Å². The highest BCUT2D eigenvalue weighted by Crippen LogP contribution is 2.23. The van der Waals surface area contributed by atoms with Crippen LogP contribution in [0.3, 0.4) is 0 Å². The lowest BCUT2D eigenvalue weighted by Crippen LogP contribution is -2.23. The number of rotatable bonds is 6. The lowest BCUT2D eigenvalue weighted by Gasteiger charge is -2.08. The van der Waals surface area contributed by atoms with Crippen LogP contribution in [0.2, 0.25) is 0 Å². The predicted molar refractivity (Wildman–Crippen MR) is 111 cm³/mol. The first kappa shape index (κ1) is 18.6. The Bertz CT molecular complexity index is 1210. The molecule has 0 spiro atoms. The van der Waals surface area contributed by atoms with Crippen molar-refractivity contribution in [2.24, 2.45) is 0 Å². The van der Waals surface area contributed by atoms with E-state index in [0.29, 0.717) is 11.2 Å². The number of amides is 1. The van der Waals surface area contributed by atoms with Gasteiger partial charge in [-0.15, -0.1) is 0 Å². The Morgan fingerprint density at radius 1 is 1.14 bits per heavy atom. The van der Waals surface area contributed by atoms with E-state index in [0.717, 1.165) is 23.2 Å². The Balaban J connectivity index is 1.49. The zero-order valence-electron chi connectivity index (χ0n) is 16.0. The van der Waals surface area contributed by atoms with Crippen molar-refractivity contribution in [3.05, 3.63) is 76.8 Å². The highest BCUT2D eigenvalue weighted by Gasteiger charge is 2.16. The fraction of sp³-hybridized carbons (Fsp3) is 0.182. The molecule has 0 bridgehead atoms. The Hall–Kier alpha value is -3.74. The molecule has 7 heteroatoms. The third-order valence-electron chi connectivity index (χ3n) is 4.69. The Labute approximate surface area is 167 Å². The summed E-state index contributed by atoms with van der Waals surface area (Å²) in [6, 6.07) is 17.1. The third-order valence-corrected chi connectivity index (χ3v) is 4.69. The second-order valence-electron chi connectivity index (χ2n) is 6.67. The van der Waals surface area contributed by atoms with Gasteiger partial charge in [0, 0.05) is 24.2 Å². The standard InChI is InChI=1S/C22H20N4O3/c1-2-15-7-6-10-17(13-15)24-18(27)11-12-26-14-23-20-19(16-8-4-3-5-9-16)25-29-21(20)22(26)28/h3-10,13-14H,2,11-12H2,1H3,(H,24,27). The fourth-order valence-corrected chi connectivity index (χ4v) is 3.11. The van der Waals surface area contributed by atoms with Crippen molar-refractivity contribution in [3.63, 3.8) is 0 Å². The van der Waals surface area contributed by atoms with E-state index in [1.165, 1.54) is 10.9 Å². The average Bonchev–Trinajstić information content (AvgIpc) is 3.19. The number of fused-ring (bicyclic) bond motifs is 1. The van der Waals surface area contributed by atoms with Crippen molar-refractivity contribution in [2.45, 2.75) is 26.3 Å². The van der Waals surface area contributed by atoms with Gasteiger partial charge in [0.05, 0.1) is 6.33 Å². The van der Waals surface area contributed by atoms with E-state index >= 15 is 0 Å². The van der Waals surface area contributed by atoms with Gasteiger partial charge in [0.25, 0.3) is 11.1 Å². The van der Waals surface area contributed by atoms with Crippen LogP contribution in [0.4, 0.5) is 5.69 Å². The molecule has 1 N–H and O–H groups in total. The molecule has 4 rings (SSSR count). The van der Waals surface area contributed by atoms with Gasteiger partial charge < -0.3 is 9.84 Å². The van der Waals surface area contributed by atoms with Crippen molar-refractivity contribution >= 4 is 22.7 Å². The van der Waals surface area contributed by atoms with Crippen molar-refractivity contribution in [1.82, 2.24) is 14.7 Å². The number of aromatic nitrogens is 3. The molecule has 0 atom stereocenters. The molecule has 2 heterocycles. The summed E-state index contributed by atoms with van der Waals surface area (Å²) in [5, 5.41) is 6.86. The number of nitrogens with zero attached hydrogens (tertiary/aromatic N) is 3. The normalized spacial score (nSPS) is 10.9. The van der Waals surface area contributed by atoms with Gasteiger partial charge in [0.15, 0.2) is 0 Å². The summed E-state index contributed by atoms with van der Waals surface area (Å²) in [6.45, 7) is 2.26. The molecule has 29 heavy (non-hydrogen) atoms. The third kappa shape index (κ3) is 3.94. The maximum absolute atomic E-state index is 12.7. The fourth-order valence-electron chi connectivity index (χ4n) is 3.11. The van der Waals surface area contributed by atoms with Crippen molar-refractivity contribution in [2.75, 3.05) is 5.32 Å². The molecular weight excluding hydrogens is 368 g/mol. The van der Waals surface area contributed by atoms with Crippen LogP contribution >= 0.6 is 0 Å². The number of nitrogens with one attached hydrogen (secondary N) is 1. The van der Waals surface area contributed by atoms with Crippen LogP contribution in [0.1, 0.15) is 18.9 Å². The molecule has 0 fully saturated rings. The first-order valence-electron chi connectivity index (χ1n) is 9.44. The van der Waals surface area contributed by atoms with Crippen LogP contribution in [0.25, 0.3) is 22.4 Å². The summed E-state index contributed by atoms with van der Waals surface area (Å²) in [7, 11) is 0. The van der Waals surface area contributed by atoms with Crippen LogP contribution in [-0.2, 0) is 17.8 Å². The summed E-state index contributed by atoms with van der Waals surface area (Å²) in [4.78, 5) is 29.3. The molecule has 0 saturated heterocycles. The number of aryl methyl sites for hydroxylation is 2. The van der Waals surface area contributed by atoms with E-state index in [4.69, 9.17) is 4.52 Å². The Morgan fingerprint density at radius 2 is 1.97 bits per heavy atom. The first-order valence-corrected chi connectivity index (χ1v) is 9.44. The van der Waals surface area contributed by atoms with Crippen LogP contribution in [-0.4, -0.2) is 20.6 Å². The monoisotopic (exact) mass is 388 g/mol. The number of carbonyl (C=O) groups excluding carboxylic acids is 1. The number of hydrogen-bond acceptors (Lipinski definition) is 5. The summed E-state index contributed by atoms with van der Waals surface area (Å²) >= 11 is 0. The highest BCUT2D eigenvalue weighted by molar-refractivity contribution is 5.91. The molecule has 0 aliphatic heterocycles. The number of carbonyl (C=O) groups is 1. The molecule has 4 aromatic rings. The van der Waals surface area contributed by atoms with E-state index in [1.807, 2.05) is 54.6 Å². The van der Waals surface area contributed by atoms with Crippen LogP contribution in [0, 0.1) is 0 Å². The lowest BCUT2D eigenvalue weighted by molar-refractivity contribution is -0.116. The molecule has 0 aliphatic rings. The second kappa shape index (κ2) is 8.10. The quantitative estimate of drug-likeness (QED) is 0.545. The lowest BCUT2D eigenvalue weighted by atomic mass is 10.1. The van der Waals surface area contributed by atoms with Gasteiger partial charge in [-0.05, 0) is 24.1 Å². The maximum Gasteiger partial charge on any atom is 0.299 e. The SMILES string of the molecule is CCc1cccc(NC(=O)CCn2cnc3c(-c4ccccc4)noc3c2=O)c1. The average molecular weight is 388 g/mol. The topological polar surface area (TPSA) is 90.0 Å². The summed E-state index contributed by atoms with van der Waals surface area (Å²) in [5.41, 5.74) is 3.39. The van der Waals surface area contributed by atoms with Crippen LogP contribution in [0.15, 0.2) is 70.2 Å². The first-order chi connectivity index (χ1) is 14.2. The molecular formula is C22H20N4O3. The van der Waals surface area contributed by atoms with Gasteiger partial charge in [-0.2, -0.15) is 0 Å². The Kier molecular flexibility index (Phi) is 5.20. The highest BCUT2D eigenvalue weighted by atomic mass is 16.5. The van der Waals surface area contributed by atoms with Crippen molar-refractivity contribution < 1.29 is 9.32 Å². The predicted octanol–water partition coefficient (Wildman–Crippen LogP) is 3.64. The Morgan fingerprint density at radius 3 is 2.76 bits per heavy atom. The minimum atomic E-state index is -0.356. The summed E-state index contributed by atoms with van der Waals surface area (Å²) < 4.78 is 6.62. The summed E-state index contributed by atoms with van der Waals surface area (Å²) in [6.07, 6.45) is 2.47. The maximum atomic E-state index is 12.7.